The van der Waals surface area contributed by atoms with Gasteiger partial charge < -0.3 is 15.5 Å². The molecule has 1 aromatic carbocycles. The minimum Gasteiger partial charge on any atom is -0.342 e. The van der Waals surface area contributed by atoms with Crippen LogP contribution in [0.1, 0.15) is 34.9 Å². The number of carbonyl (C=O) groups is 2. The van der Waals surface area contributed by atoms with E-state index in [9.17, 15) is 9.59 Å². The molecule has 1 saturated heterocycles. The van der Waals surface area contributed by atoms with Crippen LogP contribution >= 0.6 is 11.3 Å². The number of anilines is 1. The van der Waals surface area contributed by atoms with Gasteiger partial charge in [0.1, 0.15) is 6.04 Å². The fraction of sp³-hybridized carbons (Fsp3) is 0.400. The molecule has 0 spiro atoms. The number of benzene rings is 1. The quantitative estimate of drug-likeness (QED) is 0.725. The zero-order valence-corrected chi connectivity index (χ0v) is 16.1. The van der Waals surface area contributed by atoms with Gasteiger partial charge in [0, 0.05) is 18.5 Å². The van der Waals surface area contributed by atoms with Gasteiger partial charge in [-0.15, -0.1) is 11.3 Å². The lowest BCUT2D eigenvalue weighted by Gasteiger charge is -2.20. The van der Waals surface area contributed by atoms with Crippen molar-refractivity contribution in [1.29, 1.82) is 0 Å². The van der Waals surface area contributed by atoms with Crippen LogP contribution in [0.5, 0.6) is 0 Å². The Morgan fingerprint density at radius 2 is 1.92 bits per heavy atom. The summed E-state index contributed by atoms with van der Waals surface area (Å²) < 4.78 is 0. The molecule has 138 valence electrons. The maximum absolute atomic E-state index is 12.3. The van der Waals surface area contributed by atoms with E-state index in [0.717, 1.165) is 36.2 Å². The molecule has 1 aromatic heterocycles. The molecule has 2 heterocycles. The summed E-state index contributed by atoms with van der Waals surface area (Å²) in [5.74, 6) is -0.262. The van der Waals surface area contributed by atoms with Gasteiger partial charge in [-0.05, 0) is 36.4 Å². The minimum atomic E-state index is -0.193. The van der Waals surface area contributed by atoms with E-state index >= 15 is 0 Å². The number of rotatable bonds is 6. The SMILES string of the molecule is Cc1cccc(C)c1NC(=O)CNC(=O)C[NH+]1CCC[C@@H]1c1cccs1. The largest absolute Gasteiger partial charge is 0.342 e. The molecule has 6 heteroatoms. The molecule has 26 heavy (non-hydrogen) atoms. The number of para-hydroxylation sites is 1. The molecule has 0 radical (unpaired) electrons. The summed E-state index contributed by atoms with van der Waals surface area (Å²) in [5, 5.41) is 7.75. The maximum atomic E-state index is 12.3. The van der Waals surface area contributed by atoms with Crippen molar-refractivity contribution in [2.75, 3.05) is 25.0 Å². The van der Waals surface area contributed by atoms with Crippen LogP contribution in [0.15, 0.2) is 35.7 Å². The first kappa shape index (κ1) is 18.6. The number of thiophene rings is 1. The smallest absolute Gasteiger partial charge is 0.275 e. The topological polar surface area (TPSA) is 62.6 Å². The highest BCUT2D eigenvalue weighted by Crippen LogP contribution is 2.23. The van der Waals surface area contributed by atoms with Gasteiger partial charge in [-0.3, -0.25) is 9.59 Å². The van der Waals surface area contributed by atoms with E-state index in [0.29, 0.717) is 12.6 Å². The van der Waals surface area contributed by atoms with Gasteiger partial charge in [-0.1, -0.05) is 24.3 Å². The summed E-state index contributed by atoms with van der Waals surface area (Å²) in [4.78, 5) is 27.1. The Morgan fingerprint density at radius 3 is 2.62 bits per heavy atom. The normalized spacial score (nSPS) is 19.3. The molecule has 2 amide bonds. The summed E-state index contributed by atoms with van der Waals surface area (Å²) >= 11 is 1.76. The third-order valence-corrected chi connectivity index (χ3v) is 5.94. The highest BCUT2D eigenvalue weighted by atomic mass is 32.1. The van der Waals surface area contributed by atoms with Crippen LogP contribution in [0.3, 0.4) is 0 Å². The third-order valence-electron chi connectivity index (χ3n) is 4.95. The van der Waals surface area contributed by atoms with E-state index in [1.807, 2.05) is 32.0 Å². The standard InChI is InChI=1S/C20H25N3O2S/c1-14-6-3-7-15(2)20(14)22-18(24)12-21-19(25)13-23-10-4-8-16(23)17-9-5-11-26-17/h3,5-7,9,11,16H,4,8,10,12-13H2,1-2H3,(H,21,25)(H,22,24)/p+1/t16-/m1/s1. The van der Waals surface area contributed by atoms with Crippen LogP contribution in [-0.4, -0.2) is 31.4 Å². The number of quaternary nitrogens is 1. The average Bonchev–Trinajstić information content (AvgIpc) is 3.27. The van der Waals surface area contributed by atoms with Gasteiger partial charge in [0.25, 0.3) is 5.91 Å². The molecule has 3 N–H and O–H groups in total. The van der Waals surface area contributed by atoms with Gasteiger partial charge in [-0.2, -0.15) is 0 Å². The Hall–Kier alpha value is -2.18. The molecule has 2 aromatic rings. The van der Waals surface area contributed by atoms with E-state index in [4.69, 9.17) is 0 Å². The molecular weight excluding hydrogens is 346 g/mol. The first-order valence-corrected chi connectivity index (χ1v) is 9.93. The number of hydrogen-bond donors (Lipinski definition) is 3. The van der Waals surface area contributed by atoms with E-state index in [1.54, 1.807) is 11.3 Å². The fourth-order valence-electron chi connectivity index (χ4n) is 3.60. The van der Waals surface area contributed by atoms with Crippen LogP contribution in [-0.2, 0) is 9.59 Å². The Kier molecular flexibility index (Phi) is 6.06. The Balaban J connectivity index is 1.49. The Morgan fingerprint density at radius 1 is 1.15 bits per heavy atom. The summed E-state index contributed by atoms with van der Waals surface area (Å²) in [7, 11) is 0. The van der Waals surface area contributed by atoms with Gasteiger partial charge in [-0.25, -0.2) is 0 Å². The summed E-state index contributed by atoms with van der Waals surface area (Å²) in [6.07, 6.45) is 2.26. The number of carbonyl (C=O) groups excluding carboxylic acids is 2. The zero-order valence-electron chi connectivity index (χ0n) is 15.3. The van der Waals surface area contributed by atoms with Crippen molar-refractivity contribution >= 4 is 28.8 Å². The van der Waals surface area contributed by atoms with Crippen molar-refractivity contribution in [2.24, 2.45) is 0 Å². The van der Waals surface area contributed by atoms with Crippen molar-refractivity contribution in [1.82, 2.24) is 5.32 Å². The lowest BCUT2D eigenvalue weighted by molar-refractivity contribution is -0.910. The van der Waals surface area contributed by atoms with Crippen molar-refractivity contribution in [2.45, 2.75) is 32.7 Å². The Labute approximate surface area is 158 Å². The van der Waals surface area contributed by atoms with E-state index in [1.165, 1.54) is 9.78 Å². The number of nitrogens with one attached hydrogen (secondary N) is 3. The van der Waals surface area contributed by atoms with Gasteiger partial charge >= 0.3 is 0 Å². The molecule has 0 aliphatic carbocycles. The van der Waals surface area contributed by atoms with Crippen LogP contribution in [0, 0.1) is 13.8 Å². The molecule has 0 bridgehead atoms. The van der Waals surface area contributed by atoms with Crippen LogP contribution in [0.25, 0.3) is 0 Å². The van der Waals surface area contributed by atoms with Crippen molar-refractivity contribution < 1.29 is 14.5 Å². The van der Waals surface area contributed by atoms with Gasteiger partial charge in [0.15, 0.2) is 6.54 Å². The second kappa shape index (κ2) is 8.47. The third kappa shape index (κ3) is 4.51. The average molecular weight is 373 g/mol. The number of amides is 2. The van der Waals surface area contributed by atoms with Crippen molar-refractivity contribution in [3.8, 4) is 0 Å². The number of likely N-dealkylation sites (tertiary alicyclic amines) is 1. The molecule has 2 atom stereocenters. The lowest BCUT2D eigenvalue weighted by Crippen LogP contribution is -3.11. The van der Waals surface area contributed by atoms with E-state index in [2.05, 4.69) is 28.1 Å². The highest BCUT2D eigenvalue weighted by Gasteiger charge is 2.32. The predicted octanol–water partition coefficient (Wildman–Crippen LogP) is 1.84. The lowest BCUT2D eigenvalue weighted by atomic mass is 10.1. The summed E-state index contributed by atoms with van der Waals surface area (Å²) in [5.41, 5.74) is 2.87. The molecule has 3 rings (SSSR count). The first-order valence-electron chi connectivity index (χ1n) is 9.05. The Bertz CT molecular complexity index is 753. The van der Waals surface area contributed by atoms with E-state index in [-0.39, 0.29) is 18.4 Å². The highest BCUT2D eigenvalue weighted by molar-refractivity contribution is 7.10. The fourth-order valence-corrected chi connectivity index (χ4v) is 4.52. The first-order chi connectivity index (χ1) is 12.5. The zero-order chi connectivity index (χ0) is 18.5. The summed E-state index contributed by atoms with van der Waals surface area (Å²) in [6, 6.07) is 10.5. The van der Waals surface area contributed by atoms with Crippen LogP contribution in [0.2, 0.25) is 0 Å². The molecule has 1 aliphatic heterocycles. The predicted molar refractivity (Wildman–Crippen MR) is 105 cm³/mol. The van der Waals surface area contributed by atoms with Gasteiger partial charge in [0.2, 0.25) is 5.91 Å². The number of hydrogen-bond acceptors (Lipinski definition) is 3. The van der Waals surface area contributed by atoms with E-state index < -0.39 is 0 Å². The molecule has 1 aliphatic rings. The maximum Gasteiger partial charge on any atom is 0.275 e. The van der Waals surface area contributed by atoms with Crippen LogP contribution in [0.4, 0.5) is 5.69 Å². The molecule has 5 nitrogen and oxygen atoms in total. The summed E-state index contributed by atoms with van der Waals surface area (Å²) in [6.45, 7) is 5.35. The number of aryl methyl sites for hydroxylation is 2. The molecule has 1 fully saturated rings. The second-order valence-electron chi connectivity index (χ2n) is 6.89. The molecule has 0 saturated carbocycles. The van der Waals surface area contributed by atoms with Crippen LogP contribution < -0.4 is 15.5 Å². The molecule has 1 unspecified atom stereocenters. The minimum absolute atomic E-state index is 0.00353. The van der Waals surface area contributed by atoms with Gasteiger partial charge in [0.05, 0.1) is 18.0 Å². The van der Waals surface area contributed by atoms with Crippen molar-refractivity contribution in [3.63, 3.8) is 0 Å². The second-order valence-corrected chi connectivity index (χ2v) is 7.87. The van der Waals surface area contributed by atoms with Crippen molar-refractivity contribution in [3.05, 3.63) is 51.7 Å². The monoisotopic (exact) mass is 372 g/mol. The molecular formula is C20H26N3O2S+.